The minimum absolute atomic E-state index is 0.138. The van der Waals surface area contributed by atoms with Gasteiger partial charge in [-0.15, -0.1) is 0 Å². The van der Waals surface area contributed by atoms with Crippen molar-refractivity contribution in [3.05, 3.63) is 122 Å². The number of aromatic nitrogens is 1. The molecular weight excluding hydrogens is 604 g/mol. The van der Waals surface area contributed by atoms with Crippen molar-refractivity contribution < 1.29 is 24.0 Å². The molecule has 1 aromatic heterocycles. The van der Waals surface area contributed by atoms with Crippen LogP contribution in [0.3, 0.4) is 0 Å². The van der Waals surface area contributed by atoms with Gasteiger partial charge in [0, 0.05) is 38.6 Å². The van der Waals surface area contributed by atoms with Crippen LogP contribution in [0.2, 0.25) is 0 Å². The first-order valence-corrected chi connectivity index (χ1v) is 13.6. The number of nitro groups is 1. The van der Waals surface area contributed by atoms with Crippen molar-refractivity contribution in [1.29, 1.82) is 0 Å². The van der Waals surface area contributed by atoms with Crippen molar-refractivity contribution in [3.8, 4) is 22.6 Å². The normalized spacial score (nSPS) is 11.0. The van der Waals surface area contributed by atoms with Gasteiger partial charge in [-0.3, -0.25) is 14.9 Å². The predicted molar refractivity (Wildman–Crippen MR) is 162 cm³/mol. The van der Waals surface area contributed by atoms with Gasteiger partial charge in [-0.2, -0.15) is 5.10 Å². The van der Waals surface area contributed by atoms with Crippen LogP contribution in [0.15, 0.2) is 101 Å². The number of amides is 1. The summed E-state index contributed by atoms with van der Waals surface area (Å²) in [6.07, 6.45) is 1.36. The van der Waals surface area contributed by atoms with Crippen molar-refractivity contribution in [2.24, 2.45) is 5.10 Å². The molecule has 0 bridgehead atoms. The van der Waals surface area contributed by atoms with Gasteiger partial charge in [0.2, 0.25) is 0 Å². The molecule has 5 rings (SSSR count). The van der Waals surface area contributed by atoms with E-state index in [1.807, 2.05) is 55.5 Å². The van der Waals surface area contributed by atoms with E-state index in [4.69, 9.17) is 9.47 Å². The fourth-order valence-electron chi connectivity index (χ4n) is 4.31. The average molecular weight is 627 g/mol. The van der Waals surface area contributed by atoms with E-state index in [1.165, 1.54) is 30.5 Å². The van der Waals surface area contributed by atoms with Gasteiger partial charge in [0.15, 0.2) is 0 Å². The molecule has 0 unspecified atom stereocenters. The highest BCUT2D eigenvalue weighted by molar-refractivity contribution is 9.10. The van der Waals surface area contributed by atoms with Crippen LogP contribution in [0.1, 0.15) is 33.3 Å². The molecule has 0 saturated heterocycles. The van der Waals surface area contributed by atoms with Crippen molar-refractivity contribution in [2.75, 3.05) is 6.61 Å². The van der Waals surface area contributed by atoms with Gasteiger partial charge in [0.05, 0.1) is 23.3 Å². The maximum Gasteiger partial charge on any atom is 0.343 e. The Bertz CT molecular complexity index is 1820. The molecule has 4 aromatic carbocycles. The lowest BCUT2D eigenvalue weighted by molar-refractivity contribution is -0.384. The number of hydrazone groups is 1. The summed E-state index contributed by atoms with van der Waals surface area (Å²) >= 11 is 3.39. The Labute approximate surface area is 248 Å². The van der Waals surface area contributed by atoms with Crippen molar-refractivity contribution >= 4 is 50.6 Å². The smallest absolute Gasteiger partial charge is 0.343 e. The van der Waals surface area contributed by atoms with Gasteiger partial charge in [-0.25, -0.2) is 10.2 Å². The van der Waals surface area contributed by atoms with Crippen molar-refractivity contribution in [3.63, 3.8) is 0 Å². The van der Waals surface area contributed by atoms with E-state index in [0.717, 1.165) is 16.5 Å². The number of hydrogen-bond acceptors (Lipinski definition) is 7. The van der Waals surface area contributed by atoms with Crippen molar-refractivity contribution in [2.45, 2.75) is 6.92 Å². The largest absolute Gasteiger partial charge is 0.494 e. The third-order valence-corrected chi connectivity index (χ3v) is 6.72. The number of esters is 1. The maximum atomic E-state index is 13.4. The lowest BCUT2D eigenvalue weighted by Crippen LogP contribution is -2.19. The quantitative estimate of drug-likeness (QED) is 0.0601. The number of carbonyl (C=O) groups is 2. The van der Waals surface area contributed by atoms with Crippen LogP contribution in [0.5, 0.6) is 11.5 Å². The van der Waals surface area contributed by atoms with E-state index in [0.29, 0.717) is 33.6 Å². The Morgan fingerprint density at radius 2 is 1.79 bits per heavy atom. The lowest BCUT2D eigenvalue weighted by Gasteiger charge is -2.08. The van der Waals surface area contributed by atoms with Gasteiger partial charge < -0.3 is 14.5 Å². The zero-order valence-corrected chi connectivity index (χ0v) is 23.8. The van der Waals surface area contributed by atoms with Gasteiger partial charge in [0.25, 0.3) is 11.6 Å². The maximum absolute atomic E-state index is 13.4. The minimum Gasteiger partial charge on any atom is -0.494 e. The van der Waals surface area contributed by atoms with Crippen molar-refractivity contribution in [1.82, 2.24) is 10.4 Å². The van der Waals surface area contributed by atoms with Crippen LogP contribution in [-0.4, -0.2) is 34.6 Å². The van der Waals surface area contributed by atoms with Gasteiger partial charge in [-0.05, 0) is 61.0 Å². The number of benzene rings is 4. The van der Waals surface area contributed by atoms with E-state index < -0.39 is 16.8 Å². The Morgan fingerprint density at radius 1 is 1.02 bits per heavy atom. The van der Waals surface area contributed by atoms with Gasteiger partial charge in [-0.1, -0.05) is 46.3 Å². The molecule has 0 radical (unpaired) electrons. The van der Waals surface area contributed by atoms with Crippen LogP contribution >= 0.6 is 15.9 Å². The van der Waals surface area contributed by atoms with E-state index in [9.17, 15) is 19.7 Å². The summed E-state index contributed by atoms with van der Waals surface area (Å²) in [4.78, 5) is 39.6. The van der Waals surface area contributed by atoms with Crippen LogP contribution in [0, 0.1) is 10.1 Å². The molecule has 0 spiro atoms. The molecule has 1 heterocycles. The van der Waals surface area contributed by atoms with Crippen LogP contribution in [0.4, 0.5) is 5.69 Å². The number of carbonyl (C=O) groups excluding carboxylic acids is 2. The first-order chi connectivity index (χ1) is 20.3. The number of nitro benzene ring substituents is 1. The Kier molecular flexibility index (Phi) is 8.39. The number of non-ortho nitro benzene ring substituents is 1. The Balaban J connectivity index is 1.40. The number of H-pyrrole nitrogens is 1. The standard InChI is InChI=1S/C31H23BrN4O6/c1-2-41-24-13-14-26-25(17-24)28(19-6-4-3-5-7-19)29(34-26)30(37)35-33-18-21-16-22(32)10-15-27(21)42-31(38)20-8-11-23(12-9-20)36(39)40/h3-18,34H,2H2,1H3,(H,35,37). The summed E-state index contributed by atoms with van der Waals surface area (Å²) in [6, 6.07) is 25.1. The SMILES string of the molecule is CCOc1ccc2[nH]c(C(=O)NN=Cc3cc(Br)ccc3OC(=O)c3ccc([N+](=O)[O-])cc3)c(-c3ccccc3)c2c1. The summed E-state index contributed by atoms with van der Waals surface area (Å²) < 4.78 is 11.9. The minimum atomic E-state index is -0.706. The molecule has 0 fully saturated rings. The monoisotopic (exact) mass is 626 g/mol. The fraction of sp³-hybridized carbons (Fsp3) is 0.0645. The second kappa shape index (κ2) is 12.5. The molecule has 210 valence electrons. The number of aromatic amines is 1. The number of hydrogen-bond donors (Lipinski definition) is 2. The molecule has 0 aliphatic rings. The zero-order chi connectivity index (χ0) is 29.6. The highest BCUT2D eigenvalue weighted by Crippen LogP contribution is 2.34. The first kappa shape index (κ1) is 28.2. The molecule has 5 aromatic rings. The summed E-state index contributed by atoms with van der Waals surface area (Å²) in [5.74, 6) is -0.309. The number of halogens is 1. The molecule has 0 saturated carbocycles. The molecule has 11 heteroatoms. The molecule has 0 aliphatic heterocycles. The highest BCUT2D eigenvalue weighted by Gasteiger charge is 2.20. The Morgan fingerprint density at radius 3 is 2.50 bits per heavy atom. The number of ether oxygens (including phenoxy) is 2. The third-order valence-electron chi connectivity index (χ3n) is 6.23. The van der Waals surface area contributed by atoms with E-state index in [1.54, 1.807) is 18.2 Å². The summed E-state index contributed by atoms with van der Waals surface area (Å²) in [7, 11) is 0. The first-order valence-electron chi connectivity index (χ1n) is 12.8. The van der Waals surface area contributed by atoms with Gasteiger partial charge in [0.1, 0.15) is 17.2 Å². The lowest BCUT2D eigenvalue weighted by atomic mass is 10.0. The number of nitrogens with one attached hydrogen (secondary N) is 2. The summed E-state index contributed by atoms with van der Waals surface area (Å²) in [5, 5.41) is 15.8. The van der Waals surface area contributed by atoms with Crippen LogP contribution in [-0.2, 0) is 0 Å². The summed E-state index contributed by atoms with van der Waals surface area (Å²) in [6.45, 7) is 2.42. The van der Waals surface area contributed by atoms with Gasteiger partial charge >= 0.3 is 5.97 Å². The fourth-order valence-corrected chi connectivity index (χ4v) is 4.69. The molecule has 0 atom stereocenters. The Hall–Kier alpha value is -5.29. The molecule has 1 amide bonds. The molecule has 0 aliphatic carbocycles. The topological polar surface area (TPSA) is 136 Å². The molecule has 42 heavy (non-hydrogen) atoms. The second-order valence-electron chi connectivity index (χ2n) is 8.96. The average Bonchev–Trinajstić information content (AvgIpc) is 3.38. The van der Waals surface area contributed by atoms with E-state index in [2.05, 4.69) is 31.4 Å². The van der Waals surface area contributed by atoms with Crippen LogP contribution < -0.4 is 14.9 Å². The number of nitrogens with zero attached hydrogens (tertiary/aromatic N) is 2. The van der Waals surface area contributed by atoms with E-state index >= 15 is 0 Å². The zero-order valence-electron chi connectivity index (χ0n) is 22.2. The second-order valence-corrected chi connectivity index (χ2v) is 9.87. The highest BCUT2D eigenvalue weighted by atomic mass is 79.9. The predicted octanol–water partition coefficient (Wildman–Crippen LogP) is 6.89. The summed E-state index contributed by atoms with van der Waals surface area (Å²) in [5.41, 5.74) is 5.60. The molecule has 2 N–H and O–H groups in total. The number of fused-ring (bicyclic) bond motifs is 1. The number of rotatable bonds is 9. The molecule has 10 nitrogen and oxygen atoms in total. The van der Waals surface area contributed by atoms with Crippen LogP contribution in [0.25, 0.3) is 22.0 Å². The molecular formula is C31H23BrN4O6. The third kappa shape index (κ3) is 6.21. The van der Waals surface area contributed by atoms with E-state index in [-0.39, 0.29) is 17.0 Å².